The average molecular weight is 510 g/mol. The molecule has 1 N–H and O–H groups in total. The molecule has 4 rings (SSSR count). The van der Waals surface area contributed by atoms with Gasteiger partial charge in [0.15, 0.2) is 0 Å². The summed E-state index contributed by atoms with van der Waals surface area (Å²) in [5.74, 6) is -1.78. The van der Waals surface area contributed by atoms with E-state index in [1.165, 1.54) is 19.2 Å². The van der Waals surface area contributed by atoms with Gasteiger partial charge < -0.3 is 9.84 Å². The van der Waals surface area contributed by atoms with Crippen molar-refractivity contribution < 1.29 is 32.6 Å². The maximum absolute atomic E-state index is 13.5. The Labute approximate surface area is 212 Å². The van der Waals surface area contributed by atoms with Crippen LogP contribution in [0.4, 0.5) is 18.9 Å². The second-order valence-corrected chi connectivity index (χ2v) is 9.19. The number of alkyl halides is 3. The van der Waals surface area contributed by atoms with Crippen LogP contribution < -0.4 is 9.64 Å². The normalized spacial score (nSPS) is 17.5. The first-order valence-corrected chi connectivity index (χ1v) is 11.7. The van der Waals surface area contributed by atoms with E-state index in [-0.39, 0.29) is 17.2 Å². The fourth-order valence-corrected chi connectivity index (χ4v) is 4.61. The van der Waals surface area contributed by atoms with Crippen LogP contribution in [0.1, 0.15) is 53.6 Å². The van der Waals surface area contributed by atoms with Gasteiger partial charge in [-0.2, -0.15) is 13.2 Å². The van der Waals surface area contributed by atoms with Gasteiger partial charge in [-0.15, -0.1) is 0 Å². The molecule has 1 fully saturated rings. The summed E-state index contributed by atoms with van der Waals surface area (Å²) in [4.78, 5) is 27.7. The van der Waals surface area contributed by atoms with Gasteiger partial charge in [0.25, 0.3) is 11.7 Å². The number of ether oxygens (including phenoxy) is 1. The van der Waals surface area contributed by atoms with Crippen molar-refractivity contribution in [2.24, 2.45) is 0 Å². The van der Waals surface area contributed by atoms with Gasteiger partial charge >= 0.3 is 6.18 Å². The molecule has 37 heavy (non-hydrogen) atoms. The molecule has 1 unspecified atom stereocenters. The zero-order chi connectivity index (χ0) is 27.1. The van der Waals surface area contributed by atoms with Crippen LogP contribution >= 0.6 is 0 Å². The molecule has 0 aromatic heterocycles. The minimum Gasteiger partial charge on any atom is -0.507 e. The van der Waals surface area contributed by atoms with Crippen LogP contribution in [0.2, 0.25) is 0 Å². The Balaban J connectivity index is 1.97. The minimum atomic E-state index is -4.64. The number of ketones is 1. The fraction of sp³-hybridized carbons (Fsp3) is 0.241. The highest BCUT2D eigenvalue weighted by molar-refractivity contribution is 6.51. The SMILES string of the molecule is COc1ccc(/C(O)=C2\C(=O)C(=O)N(c3cccc(C(F)(F)F)c3)C2c2ccccc2C)cc1C(C)C. The minimum absolute atomic E-state index is 0.0300. The van der Waals surface area contributed by atoms with Crippen molar-refractivity contribution in [1.29, 1.82) is 0 Å². The molecule has 1 atom stereocenters. The number of aryl methyl sites for hydroxylation is 1. The van der Waals surface area contributed by atoms with Crippen LogP contribution in [0.25, 0.3) is 5.76 Å². The zero-order valence-corrected chi connectivity index (χ0v) is 20.8. The van der Waals surface area contributed by atoms with E-state index in [1.54, 1.807) is 49.4 Å². The van der Waals surface area contributed by atoms with Crippen molar-refractivity contribution in [3.63, 3.8) is 0 Å². The van der Waals surface area contributed by atoms with E-state index in [1.807, 2.05) is 13.8 Å². The fourth-order valence-electron chi connectivity index (χ4n) is 4.61. The van der Waals surface area contributed by atoms with Crippen molar-refractivity contribution in [2.75, 3.05) is 12.0 Å². The van der Waals surface area contributed by atoms with E-state index in [9.17, 15) is 27.9 Å². The van der Waals surface area contributed by atoms with Crippen molar-refractivity contribution in [2.45, 2.75) is 38.9 Å². The zero-order valence-electron chi connectivity index (χ0n) is 20.8. The van der Waals surface area contributed by atoms with E-state index in [0.29, 0.717) is 22.4 Å². The van der Waals surface area contributed by atoms with Gasteiger partial charge in [0.05, 0.1) is 24.3 Å². The molecule has 1 heterocycles. The van der Waals surface area contributed by atoms with E-state index in [2.05, 4.69) is 0 Å². The molecule has 0 radical (unpaired) electrons. The Morgan fingerprint density at radius 2 is 1.70 bits per heavy atom. The Kier molecular flexibility index (Phi) is 6.86. The second-order valence-electron chi connectivity index (χ2n) is 9.19. The Hall–Kier alpha value is -4.07. The molecular weight excluding hydrogens is 483 g/mol. The molecule has 0 saturated carbocycles. The molecular formula is C29H26F3NO4. The Morgan fingerprint density at radius 3 is 2.32 bits per heavy atom. The summed E-state index contributed by atoms with van der Waals surface area (Å²) in [6.07, 6.45) is -4.64. The Bertz CT molecular complexity index is 1410. The first kappa shape index (κ1) is 26.0. The number of methoxy groups -OCH3 is 1. The number of benzene rings is 3. The molecule has 8 heteroatoms. The molecule has 1 aliphatic rings. The van der Waals surface area contributed by atoms with Crippen molar-refractivity contribution >= 4 is 23.1 Å². The molecule has 1 aliphatic heterocycles. The van der Waals surface area contributed by atoms with E-state index < -0.39 is 35.2 Å². The maximum atomic E-state index is 13.5. The monoisotopic (exact) mass is 509 g/mol. The smallest absolute Gasteiger partial charge is 0.416 e. The molecule has 0 aliphatic carbocycles. The summed E-state index contributed by atoms with van der Waals surface area (Å²) in [5, 5.41) is 11.4. The third kappa shape index (κ3) is 4.71. The number of halogens is 3. The summed E-state index contributed by atoms with van der Waals surface area (Å²) < 4.78 is 45.8. The number of Topliss-reactive ketones (excluding diaryl/α,β-unsaturated/α-hetero) is 1. The van der Waals surface area contributed by atoms with Crippen LogP contribution in [-0.2, 0) is 15.8 Å². The number of hydrogen-bond acceptors (Lipinski definition) is 4. The molecule has 0 spiro atoms. The number of nitrogens with zero attached hydrogens (tertiary/aromatic N) is 1. The summed E-state index contributed by atoms with van der Waals surface area (Å²) >= 11 is 0. The molecule has 3 aromatic carbocycles. The van der Waals surface area contributed by atoms with Gasteiger partial charge in [-0.25, -0.2) is 0 Å². The van der Waals surface area contributed by atoms with Crippen LogP contribution in [0, 0.1) is 6.92 Å². The summed E-state index contributed by atoms with van der Waals surface area (Å²) in [6, 6.07) is 15.0. The lowest BCUT2D eigenvalue weighted by molar-refractivity contribution is -0.137. The second kappa shape index (κ2) is 9.76. The summed E-state index contributed by atoms with van der Waals surface area (Å²) in [6.45, 7) is 5.66. The number of aliphatic hydroxyl groups is 1. The van der Waals surface area contributed by atoms with E-state index in [0.717, 1.165) is 22.6 Å². The van der Waals surface area contributed by atoms with Gasteiger partial charge in [0, 0.05) is 11.3 Å². The first-order chi connectivity index (χ1) is 17.5. The lowest BCUT2D eigenvalue weighted by atomic mass is 9.91. The van der Waals surface area contributed by atoms with Crippen molar-refractivity contribution in [3.8, 4) is 5.75 Å². The highest BCUT2D eigenvalue weighted by atomic mass is 19.4. The Morgan fingerprint density at radius 1 is 1.00 bits per heavy atom. The van der Waals surface area contributed by atoms with Gasteiger partial charge in [-0.1, -0.05) is 44.2 Å². The van der Waals surface area contributed by atoms with E-state index in [4.69, 9.17) is 4.74 Å². The topological polar surface area (TPSA) is 66.8 Å². The van der Waals surface area contributed by atoms with Gasteiger partial charge in [-0.05, 0) is 65.9 Å². The number of carbonyl (C=O) groups excluding carboxylic acids is 2. The van der Waals surface area contributed by atoms with Crippen LogP contribution in [0.3, 0.4) is 0 Å². The number of rotatable bonds is 5. The van der Waals surface area contributed by atoms with Crippen molar-refractivity contribution in [1.82, 2.24) is 0 Å². The van der Waals surface area contributed by atoms with Crippen LogP contribution in [0.5, 0.6) is 5.75 Å². The van der Waals surface area contributed by atoms with Gasteiger partial charge in [-0.3, -0.25) is 14.5 Å². The highest BCUT2D eigenvalue weighted by Crippen LogP contribution is 2.44. The van der Waals surface area contributed by atoms with Gasteiger partial charge in [0.2, 0.25) is 0 Å². The van der Waals surface area contributed by atoms with Crippen LogP contribution in [-0.4, -0.2) is 23.9 Å². The molecule has 5 nitrogen and oxygen atoms in total. The number of anilines is 1. The summed E-state index contributed by atoms with van der Waals surface area (Å²) in [7, 11) is 1.53. The predicted molar refractivity (Wildman–Crippen MR) is 134 cm³/mol. The quantitative estimate of drug-likeness (QED) is 0.234. The number of amides is 1. The molecule has 3 aromatic rings. The number of aliphatic hydroxyl groups excluding tert-OH is 1. The number of hydrogen-bond donors (Lipinski definition) is 1. The first-order valence-electron chi connectivity index (χ1n) is 11.7. The number of carbonyl (C=O) groups is 2. The third-order valence-electron chi connectivity index (χ3n) is 6.50. The maximum Gasteiger partial charge on any atom is 0.416 e. The lowest BCUT2D eigenvalue weighted by Crippen LogP contribution is -2.30. The molecule has 1 amide bonds. The van der Waals surface area contributed by atoms with Gasteiger partial charge in [0.1, 0.15) is 11.5 Å². The largest absolute Gasteiger partial charge is 0.507 e. The van der Waals surface area contributed by atoms with E-state index >= 15 is 0 Å². The van der Waals surface area contributed by atoms with Crippen molar-refractivity contribution in [3.05, 3.63) is 100 Å². The average Bonchev–Trinajstić information content (AvgIpc) is 3.13. The highest BCUT2D eigenvalue weighted by Gasteiger charge is 2.47. The molecule has 1 saturated heterocycles. The third-order valence-corrected chi connectivity index (χ3v) is 6.50. The molecule has 0 bridgehead atoms. The predicted octanol–water partition coefficient (Wildman–Crippen LogP) is 6.77. The lowest BCUT2D eigenvalue weighted by Gasteiger charge is -2.27. The standard InChI is InChI=1S/C29H26F3NO4/c1-16(2)22-14-18(12-13-23(22)37-4)26(34)24-25(21-11-6-5-8-17(21)3)33(28(36)27(24)35)20-10-7-9-19(15-20)29(30,31)32/h5-16,25,34H,1-4H3/b26-24+. The summed E-state index contributed by atoms with van der Waals surface area (Å²) in [5.41, 5.74) is 1.05. The van der Waals surface area contributed by atoms with Crippen LogP contribution in [0.15, 0.2) is 72.3 Å². The molecule has 192 valence electrons.